The first-order chi connectivity index (χ1) is 14.2. The Balaban J connectivity index is 1.91. The number of hydrogen-bond acceptors (Lipinski definition) is 5. The number of aromatic nitrogens is 2. The lowest BCUT2D eigenvalue weighted by molar-refractivity contribution is 0.0940. The highest BCUT2D eigenvalue weighted by Gasteiger charge is 2.32. The van der Waals surface area contributed by atoms with Crippen molar-refractivity contribution in [3.63, 3.8) is 0 Å². The van der Waals surface area contributed by atoms with Crippen molar-refractivity contribution >= 4 is 11.9 Å². The lowest BCUT2D eigenvalue weighted by Crippen LogP contribution is -2.43. The van der Waals surface area contributed by atoms with Crippen molar-refractivity contribution in [3.8, 4) is 5.75 Å². The number of nitrogens with one attached hydrogen (secondary N) is 1. The van der Waals surface area contributed by atoms with Crippen LogP contribution in [-0.4, -0.2) is 57.5 Å². The molecule has 160 valence electrons. The van der Waals surface area contributed by atoms with Crippen LogP contribution >= 0.6 is 0 Å². The van der Waals surface area contributed by atoms with Gasteiger partial charge in [-0.3, -0.25) is 14.2 Å². The zero-order chi connectivity index (χ0) is 22.0. The van der Waals surface area contributed by atoms with Crippen molar-refractivity contribution in [1.29, 1.82) is 0 Å². The summed E-state index contributed by atoms with van der Waals surface area (Å²) >= 11 is 0. The van der Waals surface area contributed by atoms with Gasteiger partial charge >= 0.3 is 6.03 Å². The molecule has 30 heavy (non-hydrogen) atoms. The second-order valence-corrected chi connectivity index (χ2v) is 7.38. The van der Waals surface area contributed by atoms with E-state index in [0.717, 1.165) is 0 Å². The first kappa shape index (κ1) is 21.3. The molecule has 1 atom stereocenters. The Morgan fingerprint density at radius 1 is 1.27 bits per heavy atom. The van der Waals surface area contributed by atoms with E-state index in [1.165, 1.54) is 38.6 Å². The molecule has 2 N–H and O–H groups in total. The summed E-state index contributed by atoms with van der Waals surface area (Å²) in [6, 6.07) is 4.80. The fraction of sp³-hybridized carbons (Fsp3) is 0.400. The van der Waals surface area contributed by atoms with Gasteiger partial charge in [0.05, 0.1) is 6.04 Å². The number of nitrogens with zero attached hydrogens (tertiary/aromatic N) is 4. The molecule has 0 spiro atoms. The molecule has 0 aliphatic carbocycles. The Hall–Kier alpha value is -3.43. The number of urea groups is 1. The SMILES string of the molecule is CN(C)C(=O)N(C)C1CCCn2c1nc(C(=O)NCc1ccc(F)cc1)c(O)c2=O. The van der Waals surface area contributed by atoms with Crippen molar-refractivity contribution < 1.29 is 19.1 Å². The lowest BCUT2D eigenvalue weighted by atomic mass is 10.0. The number of aromatic hydroxyl groups is 1. The predicted molar refractivity (Wildman–Crippen MR) is 107 cm³/mol. The van der Waals surface area contributed by atoms with Gasteiger partial charge in [-0.1, -0.05) is 12.1 Å². The standard InChI is InChI=1S/C20H24FN5O4/c1-24(2)20(30)25(3)14-5-4-10-26-17(14)23-15(16(27)19(26)29)18(28)22-11-12-6-8-13(21)9-7-12/h6-9,14,27H,4-5,10-11H2,1-3H3,(H,22,28). The second kappa shape index (κ2) is 8.52. The van der Waals surface area contributed by atoms with Crippen LogP contribution in [0.2, 0.25) is 0 Å². The third-order valence-corrected chi connectivity index (χ3v) is 5.07. The van der Waals surface area contributed by atoms with Crippen LogP contribution in [0.3, 0.4) is 0 Å². The predicted octanol–water partition coefficient (Wildman–Crippen LogP) is 1.47. The van der Waals surface area contributed by atoms with Crippen LogP contribution in [0.4, 0.5) is 9.18 Å². The maximum Gasteiger partial charge on any atom is 0.319 e. The molecule has 0 saturated carbocycles. The topological polar surface area (TPSA) is 108 Å². The summed E-state index contributed by atoms with van der Waals surface area (Å²) in [5.74, 6) is -1.61. The molecule has 3 amide bonds. The third kappa shape index (κ3) is 4.12. The molecule has 10 heteroatoms. The monoisotopic (exact) mass is 417 g/mol. The van der Waals surface area contributed by atoms with Crippen LogP contribution in [0.25, 0.3) is 0 Å². The number of halogens is 1. The Labute approximate surface area is 172 Å². The Morgan fingerprint density at radius 3 is 2.57 bits per heavy atom. The van der Waals surface area contributed by atoms with Gasteiger partial charge in [-0.25, -0.2) is 14.2 Å². The van der Waals surface area contributed by atoms with Gasteiger partial charge in [-0.15, -0.1) is 0 Å². The summed E-state index contributed by atoms with van der Waals surface area (Å²) in [4.78, 5) is 44.8. The highest BCUT2D eigenvalue weighted by Crippen LogP contribution is 2.29. The van der Waals surface area contributed by atoms with Crippen LogP contribution < -0.4 is 10.9 Å². The summed E-state index contributed by atoms with van der Waals surface area (Å²) in [6.45, 7) is 0.411. The van der Waals surface area contributed by atoms with E-state index in [0.29, 0.717) is 24.9 Å². The molecule has 0 fully saturated rings. The fourth-order valence-electron chi connectivity index (χ4n) is 3.45. The van der Waals surface area contributed by atoms with E-state index >= 15 is 0 Å². The number of benzene rings is 1. The minimum absolute atomic E-state index is 0.0705. The van der Waals surface area contributed by atoms with Crippen molar-refractivity contribution in [2.24, 2.45) is 0 Å². The molecule has 0 radical (unpaired) electrons. The third-order valence-electron chi connectivity index (χ3n) is 5.07. The summed E-state index contributed by atoms with van der Waals surface area (Å²) in [6.07, 6.45) is 1.20. The number of amides is 3. The smallest absolute Gasteiger partial charge is 0.319 e. The molecule has 2 aromatic rings. The molecule has 3 rings (SSSR count). The quantitative estimate of drug-likeness (QED) is 0.783. The van der Waals surface area contributed by atoms with Gasteiger partial charge < -0.3 is 20.2 Å². The van der Waals surface area contributed by atoms with Crippen LogP contribution in [0.15, 0.2) is 29.1 Å². The van der Waals surface area contributed by atoms with Crippen molar-refractivity contribution in [1.82, 2.24) is 24.7 Å². The fourth-order valence-corrected chi connectivity index (χ4v) is 3.45. The Bertz CT molecular complexity index is 1020. The molecule has 1 aromatic carbocycles. The largest absolute Gasteiger partial charge is 0.501 e. The summed E-state index contributed by atoms with van der Waals surface area (Å²) in [7, 11) is 4.84. The molecule has 0 saturated heterocycles. The molecule has 9 nitrogen and oxygen atoms in total. The normalized spacial score (nSPS) is 15.3. The first-order valence-electron chi connectivity index (χ1n) is 9.51. The highest BCUT2D eigenvalue weighted by atomic mass is 19.1. The van der Waals surface area contributed by atoms with Gasteiger partial charge in [0.2, 0.25) is 5.75 Å². The van der Waals surface area contributed by atoms with Crippen molar-refractivity contribution in [2.45, 2.75) is 32.0 Å². The van der Waals surface area contributed by atoms with Crippen LogP contribution in [0.1, 0.15) is 40.8 Å². The number of hydrogen-bond donors (Lipinski definition) is 2. The van der Waals surface area contributed by atoms with E-state index in [1.807, 2.05) is 0 Å². The molecular formula is C20H24FN5O4. The lowest BCUT2D eigenvalue weighted by Gasteiger charge is -2.34. The van der Waals surface area contributed by atoms with Crippen LogP contribution in [0.5, 0.6) is 5.75 Å². The molecule has 2 heterocycles. The van der Waals surface area contributed by atoms with Gasteiger partial charge in [-0.05, 0) is 30.5 Å². The number of carbonyl (C=O) groups excluding carboxylic acids is 2. The van der Waals surface area contributed by atoms with Crippen molar-refractivity contribution in [3.05, 3.63) is 57.5 Å². The van der Waals surface area contributed by atoms with Crippen LogP contribution in [0, 0.1) is 5.82 Å². The average Bonchev–Trinajstić information content (AvgIpc) is 2.74. The molecule has 0 bridgehead atoms. The van der Waals surface area contributed by atoms with Gasteiger partial charge in [0.15, 0.2) is 5.69 Å². The molecule has 1 unspecified atom stereocenters. The molecule has 1 aromatic heterocycles. The zero-order valence-electron chi connectivity index (χ0n) is 17.1. The Kier molecular flexibility index (Phi) is 6.04. The van der Waals surface area contributed by atoms with E-state index < -0.39 is 34.8 Å². The van der Waals surface area contributed by atoms with Gasteiger partial charge in [0.1, 0.15) is 11.6 Å². The van der Waals surface area contributed by atoms with E-state index in [2.05, 4.69) is 10.3 Å². The van der Waals surface area contributed by atoms with E-state index in [-0.39, 0.29) is 18.4 Å². The maximum atomic E-state index is 13.0. The van der Waals surface area contributed by atoms with E-state index in [9.17, 15) is 23.9 Å². The summed E-state index contributed by atoms with van der Waals surface area (Å²) in [5, 5.41) is 12.9. The minimum atomic E-state index is -0.738. The molecular weight excluding hydrogens is 393 g/mol. The van der Waals surface area contributed by atoms with E-state index in [4.69, 9.17) is 0 Å². The minimum Gasteiger partial charge on any atom is -0.501 e. The highest BCUT2D eigenvalue weighted by molar-refractivity contribution is 5.94. The van der Waals surface area contributed by atoms with E-state index in [1.54, 1.807) is 21.1 Å². The molecule has 1 aliphatic heterocycles. The number of carbonyl (C=O) groups is 2. The maximum absolute atomic E-state index is 13.0. The second-order valence-electron chi connectivity index (χ2n) is 7.38. The summed E-state index contributed by atoms with van der Waals surface area (Å²) < 4.78 is 14.3. The number of fused-ring (bicyclic) bond motifs is 1. The van der Waals surface area contributed by atoms with Gasteiger partial charge in [0.25, 0.3) is 11.5 Å². The zero-order valence-corrected chi connectivity index (χ0v) is 17.1. The molecule has 1 aliphatic rings. The summed E-state index contributed by atoms with van der Waals surface area (Å²) in [5.41, 5.74) is -0.471. The van der Waals surface area contributed by atoms with Gasteiger partial charge in [0, 0.05) is 34.2 Å². The first-order valence-corrected chi connectivity index (χ1v) is 9.51. The Morgan fingerprint density at radius 2 is 1.93 bits per heavy atom. The van der Waals surface area contributed by atoms with Crippen molar-refractivity contribution in [2.75, 3.05) is 21.1 Å². The van der Waals surface area contributed by atoms with Gasteiger partial charge in [-0.2, -0.15) is 0 Å². The average molecular weight is 417 g/mol. The van der Waals surface area contributed by atoms with Crippen LogP contribution in [-0.2, 0) is 13.1 Å². The number of rotatable bonds is 4.